The van der Waals surface area contributed by atoms with Crippen LogP contribution in [-0.4, -0.2) is 37.0 Å². The maximum absolute atomic E-state index is 5.73. The molecule has 0 aliphatic carbocycles. The van der Waals surface area contributed by atoms with Gasteiger partial charge in [0, 0.05) is 18.8 Å². The van der Waals surface area contributed by atoms with Crippen LogP contribution in [0.5, 0.6) is 0 Å². The molecule has 0 bridgehead atoms. The molecule has 2 unspecified atom stereocenters. The molecule has 0 saturated carbocycles. The third kappa shape index (κ3) is 3.85. The van der Waals surface area contributed by atoms with E-state index in [0.29, 0.717) is 5.84 Å². The number of nitrogens with two attached hydrogens (primary N) is 1. The summed E-state index contributed by atoms with van der Waals surface area (Å²) in [5, 5.41) is 0. The molecular weight excluding hydrogens is 262 g/mol. The zero-order valence-corrected chi connectivity index (χ0v) is 12.1. The van der Waals surface area contributed by atoms with Crippen molar-refractivity contribution in [1.82, 2.24) is 0 Å². The van der Waals surface area contributed by atoms with Crippen LogP contribution in [0.4, 0.5) is 11.4 Å². The van der Waals surface area contributed by atoms with E-state index in [1.54, 1.807) is 0 Å². The minimum Gasteiger partial charge on any atom is -0.386 e. The SMILES string of the molecule is CC1CN(c2ccc(N=C(N)CCl)cc2)CC(C)O1. The zero-order valence-electron chi connectivity index (χ0n) is 11.3. The van der Waals surface area contributed by atoms with Gasteiger partial charge in [0.05, 0.1) is 23.8 Å². The van der Waals surface area contributed by atoms with Crippen molar-refractivity contribution in [1.29, 1.82) is 0 Å². The molecule has 1 aliphatic rings. The Morgan fingerprint density at radius 2 is 1.89 bits per heavy atom. The van der Waals surface area contributed by atoms with Gasteiger partial charge in [-0.2, -0.15) is 0 Å². The molecule has 0 aromatic heterocycles. The fraction of sp³-hybridized carbons (Fsp3) is 0.500. The lowest BCUT2D eigenvalue weighted by atomic mass is 10.2. The lowest BCUT2D eigenvalue weighted by Gasteiger charge is -2.36. The van der Waals surface area contributed by atoms with Crippen molar-refractivity contribution in [3.8, 4) is 0 Å². The summed E-state index contributed by atoms with van der Waals surface area (Å²) in [6, 6.07) is 8.04. The van der Waals surface area contributed by atoms with Crippen molar-refractivity contribution in [2.24, 2.45) is 10.7 Å². The molecule has 1 aliphatic heterocycles. The smallest absolute Gasteiger partial charge is 0.115 e. The first-order valence-electron chi connectivity index (χ1n) is 6.48. The van der Waals surface area contributed by atoms with E-state index in [4.69, 9.17) is 22.1 Å². The van der Waals surface area contributed by atoms with Gasteiger partial charge in [-0.25, -0.2) is 4.99 Å². The second-order valence-corrected chi connectivity index (χ2v) is 5.18. The van der Waals surface area contributed by atoms with Crippen LogP contribution in [0.2, 0.25) is 0 Å². The Bertz CT molecular complexity index is 437. The summed E-state index contributed by atoms with van der Waals surface area (Å²) in [5.74, 6) is 0.684. The highest BCUT2D eigenvalue weighted by atomic mass is 35.5. The highest BCUT2D eigenvalue weighted by molar-refractivity contribution is 6.28. The first-order chi connectivity index (χ1) is 9.08. The molecule has 1 aromatic carbocycles. The standard InChI is InChI=1S/C14H20ClN3O/c1-10-8-18(9-11(2)19-10)13-5-3-12(4-6-13)17-14(16)7-15/h3-6,10-11H,7-9H2,1-2H3,(H2,16,17). The predicted molar refractivity (Wildman–Crippen MR) is 80.7 cm³/mol. The molecule has 1 saturated heterocycles. The van der Waals surface area contributed by atoms with Gasteiger partial charge < -0.3 is 15.4 Å². The summed E-state index contributed by atoms with van der Waals surface area (Å²) in [7, 11) is 0. The van der Waals surface area contributed by atoms with Gasteiger partial charge in [0.2, 0.25) is 0 Å². The number of rotatable bonds is 3. The largest absolute Gasteiger partial charge is 0.386 e. The summed E-state index contributed by atoms with van der Waals surface area (Å²) >= 11 is 5.61. The Balaban J connectivity index is 2.09. The molecule has 0 radical (unpaired) electrons. The molecule has 2 atom stereocenters. The molecular formula is C14H20ClN3O. The number of alkyl halides is 1. The van der Waals surface area contributed by atoms with Crippen molar-refractivity contribution in [2.75, 3.05) is 23.9 Å². The maximum Gasteiger partial charge on any atom is 0.115 e. The van der Waals surface area contributed by atoms with Gasteiger partial charge in [-0.15, -0.1) is 11.6 Å². The Hall–Kier alpha value is -1.26. The van der Waals surface area contributed by atoms with E-state index in [-0.39, 0.29) is 18.1 Å². The molecule has 0 amide bonds. The second kappa shape index (κ2) is 6.26. The summed E-state index contributed by atoms with van der Waals surface area (Å²) in [6.07, 6.45) is 0.515. The Kier molecular flexibility index (Phi) is 4.66. The van der Waals surface area contributed by atoms with Crippen LogP contribution >= 0.6 is 11.6 Å². The minimum absolute atomic E-state index is 0.250. The monoisotopic (exact) mass is 281 g/mol. The highest BCUT2D eigenvalue weighted by Crippen LogP contribution is 2.23. The van der Waals surface area contributed by atoms with Gasteiger partial charge in [0.25, 0.3) is 0 Å². The van der Waals surface area contributed by atoms with Gasteiger partial charge >= 0.3 is 0 Å². The molecule has 2 N–H and O–H groups in total. The molecule has 4 nitrogen and oxygen atoms in total. The van der Waals surface area contributed by atoms with E-state index in [0.717, 1.165) is 18.8 Å². The van der Waals surface area contributed by atoms with E-state index in [1.165, 1.54) is 5.69 Å². The van der Waals surface area contributed by atoms with Crippen LogP contribution in [0.3, 0.4) is 0 Å². The molecule has 104 valence electrons. The van der Waals surface area contributed by atoms with Gasteiger partial charge in [-0.1, -0.05) is 0 Å². The van der Waals surface area contributed by atoms with E-state index in [2.05, 4.69) is 35.9 Å². The molecule has 0 spiro atoms. The van der Waals surface area contributed by atoms with Gasteiger partial charge in [0.15, 0.2) is 0 Å². The number of amidine groups is 1. The lowest BCUT2D eigenvalue weighted by molar-refractivity contribution is -0.00521. The van der Waals surface area contributed by atoms with Crippen LogP contribution in [0.1, 0.15) is 13.8 Å². The maximum atomic E-state index is 5.73. The lowest BCUT2D eigenvalue weighted by Crippen LogP contribution is -2.45. The molecule has 2 rings (SSSR count). The van der Waals surface area contributed by atoms with Crippen molar-refractivity contribution in [3.05, 3.63) is 24.3 Å². The first-order valence-corrected chi connectivity index (χ1v) is 7.01. The Morgan fingerprint density at radius 3 is 2.42 bits per heavy atom. The third-order valence-corrected chi connectivity index (χ3v) is 3.32. The van der Waals surface area contributed by atoms with Gasteiger partial charge in [0.1, 0.15) is 5.84 Å². The van der Waals surface area contributed by atoms with Gasteiger partial charge in [-0.05, 0) is 38.1 Å². The average molecular weight is 282 g/mol. The van der Waals surface area contributed by atoms with Crippen LogP contribution in [0.25, 0.3) is 0 Å². The highest BCUT2D eigenvalue weighted by Gasteiger charge is 2.22. The molecule has 1 aromatic rings. The predicted octanol–water partition coefficient (Wildman–Crippen LogP) is 2.53. The van der Waals surface area contributed by atoms with Crippen LogP contribution in [-0.2, 0) is 4.74 Å². The molecule has 19 heavy (non-hydrogen) atoms. The van der Waals surface area contributed by atoms with Crippen molar-refractivity contribution < 1.29 is 4.74 Å². The number of ether oxygens (including phenoxy) is 1. The molecule has 1 heterocycles. The van der Waals surface area contributed by atoms with Crippen molar-refractivity contribution in [2.45, 2.75) is 26.1 Å². The third-order valence-electron chi connectivity index (χ3n) is 3.04. The van der Waals surface area contributed by atoms with Crippen molar-refractivity contribution in [3.63, 3.8) is 0 Å². The van der Waals surface area contributed by atoms with Crippen molar-refractivity contribution >= 4 is 28.8 Å². The number of anilines is 1. The number of benzene rings is 1. The fourth-order valence-corrected chi connectivity index (χ4v) is 2.38. The number of aliphatic imine (C=N–C) groups is 1. The zero-order chi connectivity index (χ0) is 13.8. The minimum atomic E-state index is 0.250. The van der Waals surface area contributed by atoms with E-state index in [9.17, 15) is 0 Å². The van der Waals surface area contributed by atoms with Crippen LogP contribution < -0.4 is 10.6 Å². The van der Waals surface area contributed by atoms with E-state index >= 15 is 0 Å². The van der Waals surface area contributed by atoms with Gasteiger partial charge in [-0.3, -0.25) is 0 Å². The Morgan fingerprint density at radius 1 is 1.32 bits per heavy atom. The summed E-state index contributed by atoms with van der Waals surface area (Å²) in [6.45, 7) is 6.03. The summed E-state index contributed by atoms with van der Waals surface area (Å²) in [4.78, 5) is 6.54. The average Bonchev–Trinajstić information content (AvgIpc) is 2.38. The number of nitrogens with zero attached hydrogens (tertiary/aromatic N) is 2. The van der Waals surface area contributed by atoms with Crippen LogP contribution in [0, 0.1) is 0 Å². The summed E-state index contributed by atoms with van der Waals surface area (Å²) < 4.78 is 5.73. The normalized spacial score (nSPS) is 24.6. The first kappa shape index (κ1) is 14.2. The Labute approximate surface area is 119 Å². The van der Waals surface area contributed by atoms with E-state index < -0.39 is 0 Å². The number of halogens is 1. The topological polar surface area (TPSA) is 50.8 Å². The summed E-state index contributed by atoms with van der Waals surface area (Å²) in [5.41, 5.74) is 7.63. The van der Waals surface area contributed by atoms with Crippen LogP contribution in [0.15, 0.2) is 29.3 Å². The quantitative estimate of drug-likeness (QED) is 0.526. The second-order valence-electron chi connectivity index (χ2n) is 4.92. The number of morpholine rings is 1. The fourth-order valence-electron chi connectivity index (χ4n) is 2.32. The molecule has 5 heteroatoms. The number of hydrogen-bond acceptors (Lipinski definition) is 3. The number of hydrogen-bond donors (Lipinski definition) is 1. The van der Waals surface area contributed by atoms with E-state index in [1.807, 2.05) is 12.1 Å². The molecule has 1 fully saturated rings.